The summed E-state index contributed by atoms with van der Waals surface area (Å²) in [7, 11) is 0. The fourth-order valence-electron chi connectivity index (χ4n) is 4.24. The van der Waals surface area contributed by atoms with Crippen molar-refractivity contribution in [2.75, 3.05) is 23.8 Å². The molecule has 4 rings (SSSR count). The summed E-state index contributed by atoms with van der Waals surface area (Å²) in [6.45, 7) is 3.01. The molecule has 1 atom stereocenters. The first kappa shape index (κ1) is 23.8. The zero-order chi connectivity index (χ0) is 24.0. The molecule has 3 aromatic rings. The Morgan fingerprint density at radius 3 is 2.18 bits per heavy atom. The summed E-state index contributed by atoms with van der Waals surface area (Å²) < 4.78 is 5.55. The number of anilines is 2. The van der Waals surface area contributed by atoms with Gasteiger partial charge in [0.25, 0.3) is 0 Å². The number of benzene rings is 3. The molecule has 34 heavy (non-hydrogen) atoms. The lowest BCUT2D eigenvalue weighted by Gasteiger charge is -2.37. The highest BCUT2D eigenvalue weighted by Gasteiger charge is 2.42. The van der Waals surface area contributed by atoms with Gasteiger partial charge in [-0.15, -0.1) is 0 Å². The van der Waals surface area contributed by atoms with Crippen molar-refractivity contribution in [2.24, 2.45) is 0 Å². The number of halogens is 1. The van der Waals surface area contributed by atoms with Crippen LogP contribution in [0, 0.1) is 0 Å². The zero-order valence-corrected chi connectivity index (χ0v) is 19.8. The van der Waals surface area contributed by atoms with E-state index in [1.165, 1.54) is 0 Å². The van der Waals surface area contributed by atoms with Crippen LogP contribution in [0.15, 0.2) is 78.9 Å². The van der Waals surface area contributed by atoms with E-state index < -0.39 is 5.41 Å². The van der Waals surface area contributed by atoms with Crippen molar-refractivity contribution < 1.29 is 14.3 Å². The Bertz CT molecular complexity index is 1130. The predicted molar refractivity (Wildman–Crippen MR) is 135 cm³/mol. The van der Waals surface area contributed by atoms with Gasteiger partial charge in [-0.05, 0) is 67.3 Å². The van der Waals surface area contributed by atoms with Gasteiger partial charge in [0, 0.05) is 29.6 Å². The van der Waals surface area contributed by atoms with Crippen LogP contribution in [0.4, 0.5) is 16.2 Å². The number of para-hydroxylation sites is 1. The maximum absolute atomic E-state index is 13.5. The molecule has 1 saturated heterocycles. The third-order valence-electron chi connectivity index (χ3n) is 6.21. The third-order valence-corrected chi connectivity index (χ3v) is 6.44. The van der Waals surface area contributed by atoms with Gasteiger partial charge in [0.1, 0.15) is 0 Å². The van der Waals surface area contributed by atoms with Gasteiger partial charge in [-0.2, -0.15) is 0 Å². The molecule has 1 heterocycles. The molecule has 0 spiro atoms. The Morgan fingerprint density at radius 1 is 0.882 bits per heavy atom. The normalized spacial score (nSPS) is 15.7. The Labute approximate surface area is 204 Å². The van der Waals surface area contributed by atoms with Crippen molar-refractivity contribution in [1.29, 1.82) is 0 Å². The molecule has 1 fully saturated rings. The lowest BCUT2D eigenvalue weighted by Crippen LogP contribution is -2.48. The van der Waals surface area contributed by atoms with Gasteiger partial charge in [0.15, 0.2) is 0 Å². The molecule has 1 aliphatic rings. The van der Waals surface area contributed by atoms with Crippen LogP contribution < -0.4 is 16.0 Å². The number of carbonyl (C=O) groups excluding carboxylic acids is 2. The second-order valence-corrected chi connectivity index (χ2v) is 8.90. The SMILES string of the molecule is CC(NC(=O)C1(c2cccc(Cl)c2)CCOCC1)c1ccc(NC(=O)Nc2ccccc2)cc1. The molecule has 3 N–H and O–H groups in total. The first-order valence-corrected chi connectivity index (χ1v) is 11.7. The van der Waals surface area contributed by atoms with Crippen molar-refractivity contribution in [1.82, 2.24) is 5.32 Å². The highest BCUT2D eigenvalue weighted by Crippen LogP contribution is 2.37. The van der Waals surface area contributed by atoms with Crippen molar-refractivity contribution >= 4 is 34.9 Å². The number of urea groups is 1. The smallest absolute Gasteiger partial charge is 0.323 e. The second-order valence-electron chi connectivity index (χ2n) is 8.47. The van der Waals surface area contributed by atoms with Crippen LogP contribution in [0.5, 0.6) is 0 Å². The van der Waals surface area contributed by atoms with Gasteiger partial charge in [0.05, 0.1) is 11.5 Å². The molecule has 3 aromatic carbocycles. The molecule has 7 heteroatoms. The van der Waals surface area contributed by atoms with Crippen LogP contribution >= 0.6 is 11.6 Å². The molecule has 6 nitrogen and oxygen atoms in total. The number of carbonyl (C=O) groups is 2. The molecular weight excluding hydrogens is 450 g/mol. The van der Waals surface area contributed by atoms with Crippen LogP contribution in [0.2, 0.25) is 5.02 Å². The van der Waals surface area contributed by atoms with E-state index in [1.54, 1.807) is 0 Å². The molecule has 0 aromatic heterocycles. The highest BCUT2D eigenvalue weighted by atomic mass is 35.5. The fraction of sp³-hybridized carbons (Fsp3) is 0.259. The monoisotopic (exact) mass is 477 g/mol. The summed E-state index contributed by atoms with van der Waals surface area (Å²) in [5, 5.41) is 9.40. The number of hydrogen-bond acceptors (Lipinski definition) is 3. The van der Waals surface area contributed by atoms with Gasteiger partial charge >= 0.3 is 6.03 Å². The summed E-state index contributed by atoms with van der Waals surface area (Å²) in [5.41, 5.74) is 2.56. The molecule has 0 radical (unpaired) electrons. The molecular formula is C27H28ClN3O3. The molecule has 176 valence electrons. The molecule has 0 aliphatic carbocycles. The van der Waals surface area contributed by atoms with Gasteiger partial charge in [-0.3, -0.25) is 4.79 Å². The quantitative estimate of drug-likeness (QED) is 0.413. The molecule has 1 unspecified atom stereocenters. The number of ether oxygens (including phenoxy) is 1. The lowest BCUT2D eigenvalue weighted by molar-refractivity contribution is -0.131. The maximum Gasteiger partial charge on any atom is 0.323 e. The van der Waals surface area contributed by atoms with E-state index in [1.807, 2.05) is 85.8 Å². The van der Waals surface area contributed by atoms with Crippen molar-refractivity contribution in [3.05, 3.63) is 95.0 Å². The average Bonchev–Trinajstić information content (AvgIpc) is 2.85. The van der Waals surface area contributed by atoms with E-state index in [-0.39, 0.29) is 18.0 Å². The minimum Gasteiger partial charge on any atom is -0.381 e. The lowest BCUT2D eigenvalue weighted by atomic mass is 9.73. The minimum absolute atomic E-state index is 0.0324. The van der Waals surface area contributed by atoms with Crippen LogP contribution in [-0.4, -0.2) is 25.2 Å². The Balaban J connectivity index is 1.41. The van der Waals surface area contributed by atoms with Crippen LogP contribution in [-0.2, 0) is 14.9 Å². The van der Waals surface area contributed by atoms with Crippen LogP contribution in [0.1, 0.15) is 36.9 Å². The van der Waals surface area contributed by atoms with Crippen molar-refractivity contribution in [2.45, 2.75) is 31.2 Å². The fourth-order valence-corrected chi connectivity index (χ4v) is 4.43. The standard InChI is InChI=1S/C27H28ClN3O3/c1-19(20-10-12-24(13-11-20)31-26(33)30-23-8-3-2-4-9-23)29-25(32)27(14-16-34-17-15-27)21-6-5-7-22(28)18-21/h2-13,18-19H,14-17H2,1H3,(H,29,32)(H2,30,31,33). The number of amides is 3. The van der Waals surface area contributed by atoms with E-state index in [9.17, 15) is 9.59 Å². The Morgan fingerprint density at radius 2 is 1.53 bits per heavy atom. The number of nitrogens with one attached hydrogen (secondary N) is 3. The third kappa shape index (κ3) is 5.58. The Hall–Kier alpha value is -3.35. The molecule has 0 saturated carbocycles. The molecule has 1 aliphatic heterocycles. The summed E-state index contributed by atoms with van der Waals surface area (Å²) in [4.78, 5) is 25.7. The second kappa shape index (κ2) is 10.7. The average molecular weight is 478 g/mol. The predicted octanol–water partition coefficient (Wildman–Crippen LogP) is 5.91. The Kier molecular flexibility index (Phi) is 7.50. The van der Waals surface area contributed by atoms with Gasteiger partial charge in [-0.25, -0.2) is 4.79 Å². The topological polar surface area (TPSA) is 79.5 Å². The highest BCUT2D eigenvalue weighted by molar-refractivity contribution is 6.30. The first-order chi connectivity index (χ1) is 16.5. The van der Waals surface area contributed by atoms with Crippen LogP contribution in [0.3, 0.4) is 0 Å². The maximum atomic E-state index is 13.5. The summed E-state index contributed by atoms with van der Waals surface area (Å²) in [6.07, 6.45) is 1.20. The van der Waals surface area contributed by atoms with E-state index in [0.29, 0.717) is 36.8 Å². The molecule has 0 bridgehead atoms. The minimum atomic E-state index is -0.672. The van der Waals surface area contributed by atoms with Gasteiger partial charge < -0.3 is 20.7 Å². The number of rotatable bonds is 6. The van der Waals surface area contributed by atoms with E-state index in [4.69, 9.17) is 16.3 Å². The largest absolute Gasteiger partial charge is 0.381 e. The number of hydrogen-bond donors (Lipinski definition) is 3. The first-order valence-electron chi connectivity index (χ1n) is 11.3. The van der Waals surface area contributed by atoms with Gasteiger partial charge in [-0.1, -0.05) is 54.1 Å². The summed E-state index contributed by atoms with van der Waals surface area (Å²) in [5.74, 6) is -0.0324. The zero-order valence-electron chi connectivity index (χ0n) is 19.0. The van der Waals surface area contributed by atoms with E-state index in [2.05, 4.69) is 16.0 Å². The summed E-state index contributed by atoms with van der Waals surface area (Å²) >= 11 is 6.23. The van der Waals surface area contributed by atoms with E-state index in [0.717, 1.165) is 16.8 Å². The molecule has 3 amide bonds. The van der Waals surface area contributed by atoms with Crippen LogP contribution in [0.25, 0.3) is 0 Å². The summed E-state index contributed by atoms with van der Waals surface area (Å²) in [6, 6.07) is 23.7. The van der Waals surface area contributed by atoms with Gasteiger partial charge in [0.2, 0.25) is 5.91 Å². The van der Waals surface area contributed by atoms with Crippen molar-refractivity contribution in [3.63, 3.8) is 0 Å². The van der Waals surface area contributed by atoms with E-state index >= 15 is 0 Å². The van der Waals surface area contributed by atoms with Crippen molar-refractivity contribution in [3.8, 4) is 0 Å².